The quantitative estimate of drug-likeness (QED) is 0.900. The zero-order valence-corrected chi connectivity index (χ0v) is 12.5. The number of benzene rings is 1. The van der Waals surface area contributed by atoms with Crippen LogP contribution in [0.5, 0.6) is 5.75 Å². The Morgan fingerprint density at radius 2 is 2.05 bits per heavy atom. The van der Waals surface area contributed by atoms with E-state index in [1.165, 1.54) is 24.3 Å². The van der Waals surface area contributed by atoms with Gasteiger partial charge in [0.25, 0.3) is 0 Å². The van der Waals surface area contributed by atoms with Gasteiger partial charge in [-0.3, -0.25) is 0 Å². The average molecular weight is 324 g/mol. The lowest BCUT2D eigenvalue weighted by Crippen LogP contribution is -2.42. The Hall–Kier alpha value is -0.770. The monoisotopic (exact) mass is 323 g/mol. The molecule has 1 fully saturated rings. The van der Waals surface area contributed by atoms with Gasteiger partial charge in [-0.15, -0.1) is 12.4 Å². The lowest BCUT2D eigenvalue weighted by atomic mass is 9.72. The van der Waals surface area contributed by atoms with E-state index in [9.17, 15) is 5.11 Å². The highest BCUT2D eigenvalue weighted by atomic mass is 35.5. The molecule has 0 spiro atoms. The normalized spacial score (nSPS) is 28.0. The molecule has 0 bridgehead atoms. The van der Waals surface area contributed by atoms with Crippen LogP contribution in [-0.2, 0) is 0 Å². The number of aliphatic hydroxyl groups is 1. The second kappa shape index (κ2) is 8.02. The molecule has 1 aromatic rings. The summed E-state index contributed by atoms with van der Waals surface area (Å²) in [6.07, 6.45) is 2.58. The molecule has 0 heterocycles. The fraction of sp³-hybridized carbons (Fsp3) is 0.647. The maximum atomic E-state index is 11.4. The minimum absolute atomic E-state index is 0. The van der Waals surface area contributed by atoms with Crippen LogP contribution in [0, 0.1) is 0 Å². The van der Waals surface area contributed by atoms with E-state index in [0.717, 1.165) is 6.42 Å². The molecule has 1 aliphatic rings. The molecule has 1 aromatic carbocycles. The van der Waals surface area contributed by atoms with Crippen LogP contribution in [0.1, 0.15) is 57.3 Å². The summed E-state index contributed by atoms with van der Waals surface area (Å²) in [6, 6.07) is 5.40. The van der Waals surface area contributed by atoms with Crippen molar-refractivity contribution in [3.05, 3.63) is 29.8 Å². The van der Waals surface area contributed by atoms with Crippen LogP contribution >= 0.6 is 12.4 Å². The van der Waals surface area contributed by atoms with Gasteiger partial charge in [-0.2, -0.15) is 0 Å². The van der Waals surface area contributed by atoms with Crippen LogP contribution in [-0.4, -0.2) is 43.1 Å². The van der Waals surface area contributed by atoms with E-state index in [1.54, 1.807) is 0 Å². The Balaban J connectivity index is 0.00000480. The summed E-state index contributed by atoms with van der Waals surface area (Å²) in [5, 5.41) is 11.4. The van der Waals surface area contributed by atoms with Gasteiger partial charge in [-0.1, -0.05) is 31.4 Å². The summed E-state index contributed by atoms with van der Waals surface area (Å²) in [7, 11) is -2.67. The zero-order chi connectivity index (χ0) is 23.0. The molecular weight excluding hydrogens is 286 g/mol. The van der Waals surface area contributed by atoms with Gasteiger partial charge in [-0.05, 0) is 44.5 Å². The van der Waals surface area contributed by atoms with Crippen molar-refractivity contribution in [1.82, 2.24) is 4.90 Å². The predicted octanol–water partition coefficient (Wildman–Crippen LogP) is 3.46. The first-order chi connectivity index (χ1) is 13.6. The van der Waals surface area contributed by atoms with Crippen LogP contribution in [0.25, 0.3) is 0 Å². The van der Waals surface area contributed by atoms with E-state index in [1.807, 2.05) is 0 Å². The van der Waals surface area contributed by atoms with E-state index < -0.39 is 39.0 Å². The van der Waals surface area contributed by atoms with E-state index in [2.05, 4.69) is 0 Å². The second-order valence-electron chi connectivity index (χ2n) is 5.27. The van der Waals surface area contributed by atoms with E-state index in [4.69, 9.17) is 18.4 Å². The zero-order valence-electron chi connectivity index (χ0n) is 21.7. The van der Waals surface area contributed by atoms with Crippen molar-refractivity contribution in [2.45, 2.75) is 43.6 Å². The molecule has 120 valence electrons. The second-order valence-corrected chi connectivity index (χ2v) is 5.27. The number of methoxy groups -OCH3 is 1. The molecule has 0 radical (unpaired) electrons. The molecule has 3 nitrogen and oxygen atoms in total. The molecule has 1 aliphatic carbocycles. The van der Waals surface area contributed by atoms with Crippen molar-refractivity contribution < 1.29 is 23.6 Å². The maximum absolute atomic E-state index is 11.4. The number of ether oxygens (including phenoxy) is 1. The minimum Gasteiger partial charge on any atom is -0.497 e. The highest BCUT2D eigenvalue weighted by Gasteiger charge is 2.38. The SMILES string of the molecule is Cl.[2H]C([2H])N(C([2H])([2H])[2H])C([2H])([2H])[C@H](c1ccc(OC([2H])([2H])[2H])cc1)C1(O)CCCCC1. The summed E-state index contributed by atoms with van der Waals surface area (Å²) in [5.41, 5.74) is -1.36. The summed E-state index contributed by atoms with van der Waals surface area (Å²) >= 11 is 0. The third-order valence-electron chi connectivity index (χ3n) is 3.86. The molecule has 1 N–H and O–H groups in total. The van der Waals surface area contributed by atoms with Gasteiger partial charge in [0.15, 0.2) is 0 Å². The van der Waals surface area contributed by atoms with Crippen molar-refractivity contribution in [3.8, 4) is 5.75 Å². The van der Waals surface area contributed by atoms with Crippen LogP contribution in [0.3, 0.4) is 0 Å². The van der Waals surface area contributed by atoms with Gasteiger partial charge in [0.2, 0.25) is 0 Å². The van der Waals surface area contributed by atoms with Gasteiger partial charge >= 0.3 is 0 Å². The Morgan fingerprint density at radius 1 is 1.33 bits per heavy atom. The summed E-state index contributed by atoms with van der Waals surface area (Å²) in [4.78, 5) is 0.171. The molecule has 0 amide bonds. The van der Waals surface area contributed by atoms with Crippen LogP contribution < -0.4 is 4.74 Å². The van der Waals surface area contributed by atoms with Crippen molar-refractivity contribution >= 4 is 12.4 Å². The van der Waals surface area contributed by atoms with E-state index in [-0.39, 0.29) is 41.5 Å². The number of hydrogen-bond acceptors (Lipinski definition) is 3. The molecule has 1 atom stereocenters. The summed E-state index contributed by atoms with van der Waals surface area (Å²) in [6.45, 7) is -7.98. The molecule has 21 heavy (non-hydrogen) atoms. The number of likely N-dealkylation sites (N-methyl/N-ethyl adjacent to an activating group) is 1. The lowest BCUT2D eigenvalue weighted by molar-refractivity contribution is -0.0277. The Bertz CT molecular complexity index is 702. The van der Waals surface area contributed by atoms with Gasteiger partial charge in [0, 0.05) is 22.0 Å². The van der Waals surface area contributed by atoms with Gasteiger partial charge in [-0.25, -0.2) is 0 Å². The molecule has 4 heteroatoms. The standard InChI is InChI=1S/C17H27NO2.ClH/c1-18(2)13-16(17(19)11-5-4-6-12-17)14-7-9-15(20-3)10-8-14;/h7-10,16,19H,4-6,11-13H2,1-3H3;1H/t16-;/m1./s1/i1D2,2D3,3D3,13D2;. The smallest absolute Gasteiger partial charge is 0.118 e. The first-order valence-electron chi connectivity index (χ1n) is 11.9. The van der Waals surface area contributed by atoms with E-state index >= 15 is 0 Å². The van der Waals surface area contributed by atoms with Gasteiger partial charge < -0.3 is 14.7 Å². The first kappa shape index (κ1) is 8.19. The first-order valence-corrected chi connectivity index (χ1v) is 6.73. The van der Waals surface area contributed by atoms with Gasteiger partial charge in [0.05, 0.1) is 16.8 Å². The fourth-order valence-corrected chi connectivity index (χ4v) is 2.83. The highest BCUT2D eigenvalue weighted by Crippen LogP contribution is 2.40. The largest absolute Gasteiger partial charge is 0.497 e. The lowest BCUT2D eigenvalue weighted by Gasteiger charge is -2.40. The molecule has 2 rings (SSSR count). The Kier molecular flexibility index (Phi) is 3.13. The maximum Gasteiger partial charge on any atom is 0.118 e. The summed E-state index contributed by atoms with van der Waals surface area (Å²) in [5.74, 6) is -1.37. The minimum atomic E-state index is -3.08. The summed E-state index contributed by atoms with van der Waals surface area (Å²) < 4.78 is 81.8. The van der Waals surface area contributed by atoms with Crippen molar-refractivity contribution in [1.29, 1.82) is 0 Å². The average Bonchev–Trinajstić information content (AvgIpc) is 2.53. The van der Waals surface area contributed by atoms with Crippen LogP contribution in [0.2, 0.25) is 0 Å². The van der Waals surface area contributed by atoms with Crippen molar-refractivity contribution in [2.24, 2.45) is 0 Å². The molecule has 1 saturated carbocycles. The fourth-order valence-electron chi connectivity index (χ4n) is 2.83. The van der Waals surface area contributed by atoms with Crippen molar-refractivity contribution in [3.63, 3.8) is 0 Å². The third-order valence-corrected chi connectivity index (χ3v) is 3.86. The van der Waals surface area contributed by atoms with Gasteiger partial charge in [0.1, 0.15) is 5.75 Å². The molecular formula is C17H28ClNO2. The molecule has 0 unspecified atom stereocenters. The highest BCUT2D eigenvalue weighted by molar-refractivity contribution is 5.85. The Morgan fingerprint density at radius 3 is 2.62 bits per heavy atom. The van der Waals surface area contributed by atoms with E-state index in [0.29, 0.717) is 12.8 Å². The predicted molar refractivity (Wildman–Crippen MR) is 89.6 cm³/mol. The number of nitrogens with zero attached hydrogens (tertiary/aromatic N) is 1. The molecule has 0 aromatic heterocycles. The van der Waals surface area contributed by atoms with Crippen LogP contribution in [0.4, 0.5) is 0 Å². The molecule has 0 aliphatic heterocycles. The van der Waals surface area contributed by atoms with Crippen molar-refractivity contribution in [2.75, 3.05) is 27.5 Å². The molecule has 0 saturated heterocycles. The number of rotatable bonds is 5. The van der Waals surface area contributed by atoms with Crippen LogP contribution in [0.15, 0.2) is 24.3 Å². The third kappa shape index (κ3) is 4.60. The number of hydrogen-bond donors (Lipinski definition) is 1. The number of halogens is 1. The Labute approximate surface area is 148 Å². The topological polar surface area (TPSA) is 32.7 Å².